The molecule has 1 aromatic rings. The van der Waals surface area contributed by atoms with Gasteiger partial charge in [0.15, 0.2) is 0 Å². The third kappa shape index (κ3) is 1.49. The molecule has 2 heterocycles. The number of aromatic amines is 1. The van der Waals surface area contributed by atoms with Crippen molar-refractivity contribution in [3.05, 3.63) is 21.6 Å². The van der Waals surface area contributed by atoms with Crippen LogP contribution in [0.5, 0.6) is 0 Å². The average molecular weight is 273 g/mol. The first kappa shape index (κ1) is 11.6. The molecular formula is C16H23N3O. The van der Waals surface area contributed by atoms with Gasteiger partial charge in [0.05, 0.1) is 11.7 Å². The standard InChI is InChI=1S/C16H23N3O/c20-16-13-1-2-17-8-14(13)19(18-16)15-11-4-9-3-10(6-11)7-12(15)5-9/h9-12,15,17H,1-8H2,(H,18,20). The Balaban J connectivity index is 1.59. The highest BCUT2D eigenvalue weighted by Crippen LogP contribution is 2.58. The molecule has 108 valence electrons. The van der Waals surface area contributed by atoms with Crippen LogP contribution < -0.4 is 10.9 Å². The van der Waals surface area contributed by atoms with Gasteiger partial charge >= 0.3 is 0 Å². The maximum Gasteiger partial charge on any atom is 0.267 e. The summed E-state index contributed by atoms with van der Waals surface area (Å²) in [5.74, 6) is 3.62. The van der Waals surface area contributed by atoms with Gasteiger partial charge in [0.2, 0.25) is 0 Å². The van der Waals surface area contributed by atoms with Crippen LogP contribution in [0.3, 0.4) is 0 Å². The van der Waals surface area contributed by atoms with Gasteiger partial charge < -0.3 is 5.32 Å². The third-order valence-corrected chi connectivity index (χ3v) is 6.45. The zero-order chi connectivity index (χ0) is 13.3. The van der Waals surface area contributed by atoms with E-state index in [9.17, 15) is 4.79 Å². The zero-order valence-electron chi connectivity index (χ0n) is 11.9. The van der Waals surface area contributed by atoms with Crippen molar-refractivity contribution < 1.29 is 0 Å². The third-order valence-electron chi connectivity index (χ3n) is 6.45. The minimum atomic E-state index is 0.176. The predicted octanol–water partition coefficient (Wildman–Crippen LogP) is 1.82. The SMILES string of the molecule is O=c1[nH]n(C2C3CC4CC(C3)CC2C4)c2c1CCNC2. The van der Waals surface area contributed by atoms with Crippen LogP contribution in [-0.2, 0) is 13.0 Å². The second-order valence-electron chi connectivity index (χ2n) is 7.58. The number of nitrogens with one attached hydrogen (secondary N) is 2. The summed E-state index contributed by atoms with van der Waals surface area (Å²) in [6.45, 7) is 1.82. The van der Waals surface area contributed by atoms with Crippen molar-refractivity contribution in [1.82, 2.24) is 15.1 Å². The second-order valence-corrected chi connectivity index (χ2v) is 7.58. The van der Waals surface area contributed by atoms with E-state index >= 15 is 0 Å². The molecule has 6 rings (SSSR count). The van der Waals surface area contributed by atoms with Crippen LogP contribution in [0.1, 0.15) is 49.4 Å². The van der Waals surface area contributed by atoms with Gasteiger partial charge in [-0.1, -0.05) is 0 Å². The van der Waals surface area contributed by atoms with Gasteiger partial charge in [-0.2, -0.15) is 0 Å². The van der Waals surface area contributed by atoms with Crippen molar-refractivity contribution in [2.75, 3.05) is 6.54 Å². The molecule has 4 nitrogen and oxygen atoms in total. The van der Waals surface area contributed by atoms with Crippen molar-refractivity contribution in [2.45, 2.75) is 51.1 Å². The fourth-order valence-corrected chi connectivity index (χ4v) is 5.96. The summed E-state index contributed by atoms with van der Waals surface area (Å²) < 4.78 is 2.30. The topological polar surface area (TPSA) is 49.8 Å². The minimum Gasteiger partial charge on any atom is -0.311 e. The van der Waals surface area contributed by atoms with Gasteiger partial charge in [0.1, 0.15) is 0 Å². The van der Waals surface area contributed by atoms with Gasteiger partial charge in [0.25, 0.3) is 5.56 Å². The van der Waals surface area contributed by atoms with Crippen LogP contribution in [0.4, 0.5) is 0 Å². The van der Waals surface area contributed by atoms with Crippen LogP contribution in [-0.4, -0.2) is 16.3 Å². The summed E-state index contributed by atoms with van der Waals surface area (Å²) in [6.07, 6.45) is 7.99. The molecule has 4 heteroatoms. The number of nitrogens with zero attached hydrogens (tertiary/aromatic N) is 1. The molecule has 1 aliphatic heterocycles. The number of aromatic nitrogens is 2. The average Bonchev–Trinajstić information content (AvgIpc) is 2.76. The highest BCUT2D eigenvalue weighted by Gasteiger charge is 2.49. The van der Waals surface area contributed by atoms with Crippen molar-refractivity contribution >= 4 is 0 Å². The molecule has 0 saturated heterocycles. The number of H-pyrrole nitrogens is 1. The summed E-state index contributed by atoms with van der Waals surface area (Å²) in [7, 11) is 0. The second kappa shape index (κ2) is 4.00. The first-order valence-electron chi connectivity index (χ1n) is 8.32. The van der Waals surface area contributed by atoms with Gasteiger partial charge in [-0.05, 0) is 68.7 Å². The predicted molar refractivity (Wildman–Crippen MR) is 76.5 cm³/mol. The van der Waals surface area contributed by atoms with E-state index in [1.807, 2.05) is 0 Å². The van der Waals surface area contributed by atoms with Crippen molar-refractivity contribution in [3.63, 3.8) is 0 Å². The highest BCUT2D eigenvalue weighted by molar-refractivity contribution is 5.22. The number of hydrogen-bond donors (Lipinski definition) is 2. The Labute approximate surface area is 118 Å². The zero-order valence-corrected chi connectivity index (χ0v) is 11.9. The van der Waals surface area contributed by atoms with E-state index in [0.29, 0.717) is 6.04 Å². The fraction of sp³-hybridized carbons (Fsp3) is 0.812. The summed E-state index contributed by atoms with van der Waals surface area (Å²) in [5.41, 5.74) is 2.49. The summed E-state index contributed by atoms with van der Waals surface area (Å²) >= 11 is 0. The Bertz CT molecular complexity index is 571. The van der Waals surface area contributed by atoms with E-state index < -0.39 is 0 Å². The number of rotatable bonds is 1. The quantitative estimate of drug-likeness (QED) is 0.820. The molecule has 4 bridgehead atoms. The summed E-state index contributed by atoms with van der Waals surface area (Å²) in [6, 6.07) is 0.583. The molecule has 0 atom stereocenters. The molecule has 4 fully saturated rings. The first-order chi connectivity index (χ1) is 9.79. The maximum absolute atomic E-state index is 12.2. The summed E-state index contributed by atoms with van der Waals surface area (Å²) in [5, 5.41) is 6.64. The maximum atomic E-state index is 12.2. The molecule has 0 radical (unpaired) electrons. The Kier molecular flexibility index (Phi) is 2.32. The molecule has 0 aromatic carbocycles. The lowest BCUT2D eigenvalue weighted by Gasteiger charge is -2.54. The number of hydrogen-bond acceptors (Lipinski definition) is 2. The van der Waals surface area contributed by atoms with E-state index in [1.165, 1.54) is 37.8 Å². The molecule has 0 amide bonds. The smallest absolute Gasteiger partial charge is 0.267 e. The van der Waals surface area contributed by atoms with Crippen molar-refractivity contribution in [2.24, 2.45) is 23.7 Å². The molecule has 4 saturated carbocycles. The van der Waals surface area contributed by atoms with Crippen molar-refractivity contribution in [3.8, 4) is 0 Å². The molecule has 4 aliphatic carbocycles. The molecule has 1 aromatic heterocycles. The Morgan fingerprint density at radius 3 is 2.40 bits per heavy atom. The fourth-order valence-electron chi connectivity index (χ4n) is 5.96. The normalized spacial score (nSPS) is 41.9. The van der Waals surface area contributed by atoms with Gasteiger partial charge in [0, 0.05) is 12.1 Å². The lowest BCUT2D eigenvalue weighted by molar-refractivity contribution is -0.0349. The lowest BCUT2D eigenvalue weighted by atomic mass is 9.54. The van der Waals surface area contributed by atoms with Gasteiger partial charge in [-0.25, -0.2) is 0 Å². The van der Waals surface area contributed by atoms with E-state index in [4.69, 9.17) is 0 Å². The van der Waals surface area contributed by atoms with Gasteiger partial charge in [-0.3, -0.25) is 14.6 Å². The Morgan fingerprint density at radius 1 is 1.00 bits per heavy atom. The number of fused-ring (bicyclic) bond motifs is 1. The van der Waals surface area contributed by atoms with Crippen LogP contribution in [0.25, 0.3) is 0 Å². The minimum absolute atomic E-state index is 0.176. The Hall–Kier alpha value is -1.03. The largest absolute Gasteiger partial charge is 0.311 e. The molecular weight excluding hydrogens is 250 g/mol. The van der Waals surface area contributed by atoms with E-state index in [-0.39, 0.29) is 5.56 Å². The molecule has 20 heavy (non-hydrogen) atoms. The van der Waals surface area contributed by atoms with E-state index in [1.54, 1.807) is 0 Å². The van der Waals surface area contributed by atoms with E-state index in [0.717, 1.165) is 48.7 Å². The van der Waals surface area contributed by atoms with Crippen LogP contribution in [0, 0.1) is 23.7 Å². The summed E-state index contributed by atoms with van der Waals surface area (Å²) in [4.78, 5) is 12.2. The van der Waals surface area contributed by atoms with Crippen LogP contribution in [0.2, 0.25) is 0 Å². The van der Waals surface area contributed by atoms with E-state index in [2.05, 4.69) is 15.1 Å². The monoisotopic (exact) mass is 273 g/mol. The Morgan fingerprint density at radius 2 is 1.70 bits per heavy atom. The van der Waals surface area contributed by atoms with Crippen LogP contribution in [0.15, 0.2) is 4.79 Å². The molecule has 0 unspecified atom stereocenters. The molecule has 0 spiro atoms. The highest BCUT2D eigenvalue weighted by atomic mass is 16.1. The lowest BCUT2D eigenvalue weighted by Crippen LogP contribution is -2.47. The first-order valence-corrected chi connectivity index (χ1v) is 8.32. The molecule has 2 N–H and O–H groups in total. The van der Waals surface area contributed by atoms with Gasteiger partial charge in [-0.15, -0.1) is 0 Å². The van der Waals surface area contributed by atoms with Crippen molar-refractivity contribution in [1.29, 1.82) is 0 Å². The van der Waals surface area contributed by atoms with Crippen LogP contribution >= 0.6 is 0 Å². The molecule has 5 aliphatic rings.